The Morgan fingerprint density at radius 2 is 2.07 bits per heavy atom. The minimum atomic E-state index is -3.00. The van der Waals surface area contributed by atoms with Crippen molar-refractivity contribution in [2.75, 3.05) is 17.8 Å². The van der Waals surface area contributed by atoms with E-state index in [0.29, 0.717) is 0 Å². The molecule has 0 aromatic heterocycles. The summed E-state index contributed by atoms with van der Waals surface area (Å²) in [5, 5.41) is 0.0109. The highest BCUT2D eigenvalue weighted by molar-refractivity contribution is 7.92. The zero-order chi connectivity index (χ0) is 10.8. The van der Waals surface area contributed by atoms with Crippen molar-refractivity contribution in [3.05, 3.63) is 0 Å². The van der Waals surface area contributed by atoms with Crippen molar-refractivity contribution >= 4 is 20.6 Å². The summed E-state index contributed by atoms with van der Waals surface area (Å²) < 4.78 is 33.4. The first kappa shape index (κ1) is 12.1. The average molecular weight is 239 g/mol. The second kappa shape index (κ2) is 4.72. The lowest BCUT2D eigenvalue weighted by atomic mass is 10.3. The van der Waals surface area contributed by atoms with Crippen LogP contribution in [0.15, 0.2) is 0 Å². The Bertz CT molecular complexity index is 313. The standard InChI is InChI=1S/C8H17NO3S2/c1-14(11,12)6-5-13(10)8-4-2-3-7(8)9/h7-8H,2-6,9H2,1H3. The van der Waals surface area contributed by atoms with Crippen molar-refractivity contribution in [3.63, 3.8) is 0 Å². The summed E-state index contributed by atoms with van der Waals surface area (Å²) in [7, 11) is -4.08. The van der Waals surface area contributed by atoms with Crippen LogP contribution in [0.4, 0.5) is 0 Å². The fourth-order valence-electron chi connectivity index (χ4n) is 1.67. The molecule has 1 aliphatic rings. The summed E-state index contributed by atoms with van der Waals surface area (Å²) in [6.45, 7) is 0. The second-order valence-electron chi connectivity index (χ2n) is 3.85. The van der Waals surface area contributed by atoms with Crippen LogP contribution in [0.25, 0.3) is 0 Å². The molecular formula is C8H17NO3S2. The predicted octanol–water partition coefficient (Wildman–Crippen LogP) is -0.340. The van der Waals surface area contributed by atoms with E-state index in [4.69, 9.17) is 5.73 Å². The van der Waals surface area contributed by atoms with Gasteiger partial charge in [-0.3, -0.25) is 4.21 Å². The van der Waals surface area contributed by atoms with Crippen LogP contribution >= 0.6 is 0 Å². The molecule has 14 heavy (non-hydrogen) atoms. The van der Waals surface area contributed by atoms with E-state index in [1.54, 1.807) is 0 Å². The Morgan fingerprint density at radius 3 is 2.50 bits per heavy atom. The maximum Gasteiger partial charge on any atom is 0.148 e. The monoisotopic (exact) mass is 239 g/mol. The second-order valence-corrected chi connectivity index (χ2v) is 7.88. The van der Waals surface area contributed by atoms with Gasteiger partial charge < -0.3 is 5.73 Å². The SMILES string of the molecule is CS(=O)(=O)CCS(=O)C1CCCC1N. The summed E-state index contributed by atoms with van der Waals surface area (Å²) in [4.78, 5) is 0. The fourth-order valence-corrected chi connectivity index (χ4v) is 4.79. The van der Waals surface area contributed by atoms with Crippen LogP contribution in [0.1, 0.15) is 19.3 Å². The molecule has 0 amide bonds. The van der Waals surface area contributed by atoms with E-state index in [9.17, 15) is 12.6 Å². The molecule has 1 fully saturated rings. The van der Waals surface area contributed by atoms with E-state index in [1.807, 2.05) is 0 Å². The molecular weight excluding hydrogens is 222 g/mol. The molecule has 1 rings (SSSR count). The first-order valence-corrected chi connectivity index (χ1v) is 8.15. The van der Waals surface area contributed by atoms with Crippen LogP contribution in [-0.2, 0) is 20.6 Å². The lowest BCUT2D eigenvalue weighted by molar-refractivity contribution is 0.602. The first-order chi connectivity index (χ1) is 6.40. The third-order valence-electron chi connectivity index (χ3n) is 2.50. The number of rotatable bonds is 4. The highest BCUT2D eigenvalue weighted by Crippen LogP contribution is 2.22. The third-order valence-corrected chi connectivity index (χ3v) is 5.57. The van der Waals surface area contributed by atoms with E-state index >= 15 is 0 Å². The normalized spacial score (nSPS) is 30.4. The average Bonchev–Trinajstić information content (AvgIpc) is 2.46. The van der Waals surface area contributed by atoms with Crippen molar-refractivity contribution in [1.82, 2.24) is 0 Å². The van der Waals surface area contributed by atoms with E-state index in [-0.39, 0.29) is 22.8 Å². The Hall–Kier alpha value is 0.0600. The molecule has 2 N–H and O–H groups in total. The fraction of sp³-hybridized carbons (Fsp3) is 1.00. The molecule has 0 heterocycles. The molecule has 6 heteroatoms. The third kappa shape index (κ3) is 3.67. The van der Waals surface area contributed by atoms with Gasteiger partial charge in [-0.1, -0.05) is 6.42 Å². The van der Waals surface area contributed by atoms with Crippen molar-refractivity contribution in [1.29, 1.82) is 0 Å². The lowest BCUT2D eigenvalue weighted by Gasteiger charge is -2.14. The number of hydrogen-bond donors (Lipinski definition) is 1. The highest BCUT2D eigenvalue weighted by atomic mass is 32.2. The molecule has 3 unspecified atom stereocenters. The quantitative estimate of drug-likeness (QED) is 0.728. The molecule has 3 atom stereocenters. The summed E-state index contributed by atoms with van der Waals surface area (Å²) in [6, 6.07) is -0.00427. The molecule has 0 aliphatic heterocycles. The van der Waals surface area contributed by atoms with Gasteiger partial charge in [0.1, 0.15) is 9.84 Å². The van der Waals surface area contributed by atoms with E-state index < -0.39 is 20.6 Å². The van der Waals surface area contributed by atoms with Crippen molar-refractivity contribution < 1.29 is 12.6 Å². The molecule has 0 radical (unpaired) electrons. The van der Waals surface area contributed by atoms with Gasteiger partial charge in [0.25, 0.3) is 0 Å². The van der Waals surface area contributed by atoms with Gasteiger partial charge in [0.05, 0.1) is 5.75 Å². The van der Waals surface area contributed by atoms with Gasteiger partial charge in [-0.2, -0.15) is 0 Å². The van der Waals surface area contributed by atoms with E-state index in [1.165, 1.54) is 6.26 Å². The van der Waals surface area contributed by atoms with Gasteiger partial charge >= 0.3 is 0 Å². The predicted molar refractivity (Wildman–Crippen MR) is 58.3 cm³/mol. The van der Waals surface area contributed by atoms with Crippen LogP contribution in [0.2, 0.25) is 0 Å². The van der Waals surface area contributed by atoms with Crippen molar-refractivity contribution in [3.8, 4) is 0 Å². The Labute approximate surface area is 87.6 Å². The lowest BCUT2D eigenvalue weighted by Crippen LogP contribution is -2.34. The Kier molecular flexibility index (Phi) is 4.09. The highest BCUT2D eigenvalue weighted by Gasteiger charge is 2.29. The minimum Gasteiger partial charge on any atom is -0.327 e. The molecule has 0 saturated heterocycles. The van der Waals surface area contributed by atoms with Gasteiger partial charge in [-0.05, 0) is 12.8 Å². The van der Waals surface area contributed by atoms with Crippen LogP contribution < -0.4 is 5.73 Å². The van der Waals surface area contributed by atoms with Gasteiger partial charge in [0, 0.05) is 34.1 Å². The van der Waals surface area contributed by atoms with Gasteiger partial charge in [0.15, 0.2) is 0 Å². The van der Waals surface area contributed by atoms with Crippen LogP contribution in [0, 0.1) is 0 Å². The van der Waals surface area contributed by atoms with Crippen LogP contribution in [0.5, 0.6) is 0 Å². The smallest absolute Gasteiger partial charge is 0.148 e. The number of hydrogen-bond acceptors (Lipinski definition) is 4. The summed E-state index contributed by atoms with van der Waals surface area (Å²) >= 11 is 0. The van der Waals surface area contributed by atoms with E-state index in [0.717, 1.165) is 19.3 Å². The molecule has 84 valence electrons. The van der Waals surface area contributed by atoms with Crippen molar-refractivity contribution in [2.45, 2.75) is 30.6 Å². The molecule has 0 aromatic carbocycles. The largest absolute Gasteiger partial charge is 0.327 e. The maximum absolute atomic E-state index is 11.7. The summed E-state index contributed by atoms with van der Waals surface area (Å²) in [6.07, 6.45) is 3.96. The molecule has 4 nitrogen and oxygen atoms in total. The number of sulfone groups is 1. The molecule has 1 aliphatic carbocycles. The van der Waals surface area contributed by atoms with Crippen molar-refractivity contribution in [2.24, 2.45) is 5.73 Å². The van der Waals surface area contributed by atoms with Gasteiger partial charge in [0.2, 0.25) is 0 Å². The van der Waals surface area contributed by atoms with Crippen LogP contribution in [0.3, 0.4) is 0 Å². The van der Waals surface area contributed by atoms with E-state index in [2.05, 4.69) is 0 Å². The molecule has 0 bridgehead atoms. The summed E-state index contributed by atoms with van der Waals surface area (Å²) in [5.41, 5.74) is 5.78. The summed E-state index contributed by atoms with van der Waals surface area (Å²) in [5.74, 6) is 0.236. The molecule has 0 aromatic rings. The zero-order valence-corrected chi connectivity index (χ0v) is 9.94. The topological polar surface area (TPSA) is 77.2 Å². The first-order valence-electron chi connectivity index (χ1n) is 4.70. The zero-order valence-electron chi connectivity index (χ0n) is 8.31. The maximum atomic E-state index is 11.7. The van der Waals surface area contributed by atoms with Crippen LogP contribution in [-0.4, -0.2) is 41.7 Å². The minimum absolute atomic E-state index is 0.00281. The van der Waals surface area contributed by atoms with Gasteiger partial charge in [-0.15, -0.1) is 0 Å². The van der Waals surface area contributed by atoms with Gasteiger partial charge in [-0.25, -0.2) is 8.42 Å². The molecule has 1 saturated carbocycles. The Morgan fingerprint density at radius 1 is 1.43 bits per heavy atom. The number of nitrogens with two attached hydrogens (primary N) is 1. The molecule has 0 spiro atoms. The Balaban J connectivity index is 2.42.